The van der Waals surface area contributed by atoms with Gasteiger partial charge in [0.05, 0.1) is 12.0 Å². The van der Waals surface area contributed by atoms with Gasteiger partial charge in [-0.05, 0) is 18.6 Å². The van der Waals surface area contributed by atoms with E-state index in [9.17, 15) is 0 Å². The lowest BCUT2D eigenvalue weighted by Crippen LogP contribution is -2.06. The zero-order valence-corrected chi connectivity index (χ0v) is 8.39. The Hall–Kier alpha value is -0.510. The Balaban J connectivity index is 2.57. The summed E-state index contributed by atoms with van der Waals surface area (Å²) >= 11 is 1.38. The molecule has 0 saturated heterocycles. The molecule has 0 N–H and O–H groups in total. The number of rotatable bonds is 3. The fourth-order valence-corrected chi connectivity index (χ4v) is 1.33. The topological polar surface area (TPSA) is 12.5 Å². The molecule has 0 aliphatic rings. The highest BCUT2D eigenvalue weighted by Crippen LogP contribution is 2.22. The van der Waals surface area contributed by atoms with Crippen LogP contribution >= 0.6 is 12.0 Å². The summed E-state index contributed by atoms with van der Waals surface area (Å²) < 4.78 is 5.26. The minimum Gasteiger partial charge on any atom is -0.224 e. The maximum atomic E-state index is 5.26. The number of hydrogen-bond donors (Lipinski definition) is 0. The largest absolute Gasteiger partial charge is 0.224 e. The van der Waals surface area contributed by atoms with Crippen molar-refractivity contribution in [1.29, 1.82) is 0 Å². The van der Waals surface area contributed by atoms with Gasteiger partial charge in [-0.1, -0.05) is 18.2 Å². The minimum absolute atomic E-state index is 1.16. The predicted molar refractivity (Wildman–Crippen MR) is 51.8 cm³/mol. The van der Waals surface area contributed by atoms with Crippen LogP contribution in [0.15, 0.2) is 29.2 Å². The van der Waals surface area contributed by atoms with Crippen LogP contribution in [-0.2, 0) is 4.28 Å². The third-order valence-corrected chi connectivity index (χ3v) is 2.38. The molecule has 0 heterocycles. The lowest BCUT2D eigenvalue weighted by Gasteiger charge is -2.09. The summed E-state index contributed by atoms with van der Waals surface area (Å²) in [4.78, 5) is 1.16. The number of nitrogens with zero attached hydrogens (tertiary/aromatic N) is 1. The smallest absolute Gasteiger partial charge is 0.0530 e. The predicted octanol–water partition coefficient (Wildman–Crippen LogP) is 2.50. The third kappa shape index (κ3) is 2.85. The van der Waals surface area contributed by atoms with Crippen molar-refractivity contribution < 1.29 is 4.28 Å². The van der Waals surface area contributed by atoms with E-state index >= 15 is 0 Å². The standard InChI is InChI=1S/C9H13NOS/c1-8-6-4-5-7-9(8)12-11-10(2)3/h4-7H,1-3H3. The first-order valence-electron chi connectivity index (χ1n) is 3.78. The molecule has 1 aromatic rings. The molecule has 12 heavy (non-hydrogen) atoms. The summed E-state index contributed by atoms with van der Waals surface area (Å²) in [5.41, 5.74) is 1.24. The molecule has 3 heteroatoms. The van der Waals surface area contributed by atoms with E-state index in [1.807, 2.05) is 32.3 Å². The van der Waals surface area contributed by atoms with Crippen molar-refractivity contribution in [3.63, 3.8) is 0 Å². The summed E-state index contributed by atoms with van der Waals surface area (Å²) in [6.07, 6.45) is 0. The molecule has 0 saturated carbocycles. The van der Waals surface area contributed by atoms with Crippen LogP contribution < -0.4 is 0 Å². The molecule has 1 aromatic carbocycles. The van der Waals surface area contributed by atoms with Crippen LogP contribution in [0.2, 0.25) is 0 Å². The Bertz CT molecular complexity index is 250. The highest BCUT2D eigenvalue weighted by molar-refractivity contribution is 7.94. The zero-order valence-electron chi connectivity index (χ0n) is 7.57. The normalized spacial score (nSPS) is 10.7. The molecule has 0 spiro atoms. The third-order valence-electron chi connectivity index (χ3n) is 1.37. The molecule has 0 amide bonds. The van der Waals surface area contributed by atoms with Gasteiger partial charge in [0.15, 0.2) is 0 Å². The average Bonchev–Trinajstić information content (AvgIpc) is 2.03. The molecule has 2 nitrogen and oxygen atoms in total. The maximum Gasteiger partial charge on any atom is 0.0530 e. The van der Waals surface area contributed by atoms with E-state index in [0.717, 1.165) is 4.90 Å². The highest BCUT2D eigenvalue weighted by atomic mass is 32.2. The first-order valence-corrected chi connectivity index (χ1v) is 4.52. The lowest BCUT2D eigenvalue weighted by molar-refractivity contribution is 0.0231. The molecular weight excluding hydrogens is 170 g/mol. The Labute approximate surface area is 77.7 Å². The molecular formula is C9H13NOS. The fraction of sp³-hybridized carbons (Fsp3) is 0.333. The van der Waals surface area contributed by atoms with Crippen LogP contribution in [0.1, 0.15) is 5.56 Å². The average molecular weight is 183 g/mol. The molecule has 0 bridgehead atoms. The van der Waals surface area contributed by atoms with Gasteiger partial charge in [-0.2, -0.15) is 5.06 Å². The second-order valence-electron chi connectivity index (χ2n) is 2.74. The Kier molecular flexibility index (Phi) is 3.59. The molecule has 0 aromatic heterocycles. The van der Waals surface area contributed by atoms with Gasteiger partial charge in [0.2, 0.25) is 0 Å². The van der Waals surface area contributed by atoms with Crippen molar-refractivity contribution >= 4 is 12.0 Å². The maximum absolute atomic E-state index is 5.26. The molecule has 0 fully saturated rings. The number of hydrogen-bond acceptors (Lipinski definition) is 3. The van der Waals surface area contributed by atoms with Gasteiger partial charge in [0.1, 0.15) is 0 Å². The zero-order chi connectivity index (χ0) is 8.97. The van der Waals surface area contributed by atoms with Crippen LogP contribution in [0.4, 0.5) is 0 Å². The Morgan fingerprint density at radius 2 is 1.92 bits per heavy atom. The van der Waals surface area contributed by atoms with Gasteiger partial charge in [-0.3, -0.25) is 0 Å². The summed E-state index contributed by atoms with van der Waals surface area (Å²) in [6, 6.07) is 8.15. The number of aryl methyl sites for hydroxylation is 1. The summed E-state index contributed by atoms with van der Waals surface area (Å²) in [5, 5.41) is 1.68. The highest BCUT2D eigenvalue weighted by Gasteiger charge is 1.98. The first-order chi connectivity index (χ1) is 5.70. The lowest BCUT2D eigenvalue weighted by atomic mass is 10.2. The quantitative estimate of drug-likeness (QED) is 0.527. The van der Waals surface area contributed by atoms with Gasteiger partial charge >= 0.3 is 0 Å². The van der Waals surface area contributed by atoms with E-state index in [4.69, 9.17) is 4.28 Å². The molecule has 0 aliphatic heterocycles. The van der Waals surface area contributed by atoms with Crippen molar-refractivity contribution in [1.82, 2.24) is 5.06 Å². The summed E-state index contributed by atoms with van der Waals surface area (Å²) in [6.45, 7) is 2.07. The number of benzene rings is 1. The van der Waals surface area contributed by atoms with Gasteiger partial charge in [-0.25, -0.2) is 4.28 Å². The first kappa shape index (κ1) is 9.58. The van der Waals surface area contributed by atoms with Crippen molar-refractivity contribution in [3.8, 4) is 0 Å². The fourth-order valence-electron chi connectivity index (χ4n) is 0.765. The van der Waals surface area contributed by atoms with E-state index in [1.54, 1.807) is 5.06 Å². The van der Waals surface area contributed by atoms with Crippen molar-refractivity contribution in [2.24, 2.45) is 0 Å². The summed E-state index contributed by atoms with van der Waals surface area (Å²) in [5.74, 6) is 0. The number of hydroxylamine groups is 2. The second-order valence-corrected chi connectivity index (χ2v) is 3.49. The molecule has 1 rings (SSSR count). The van der Waals surface area contributed by atoms with E-state index in [1.165, 1.54) is 17.6 Å². The monoisotopic (exact) mass is 183 g/mol. The molecule has 0 aliphatic carbocycles. The van der Waals surface area contributed by atoms with Crippen LogP contribution in [0, 0.1) is 6.92 Å². The molecule has 0 radical (unpaired) electrons. The van der Waals surface area contributed by atoms with Crippen LogP contribution in [-0.4, -0.2) is 19.2 Å². The van der Waals surface area contributed by atoms with Gasteiger partial charge in [0.25, 0.3) is 0 Å². The Morgan fingerprint density at radius 3 is 2.50 bits per heavy atom. The van der Waals surface area contributed by atoms with Crippen LogP contribution in [0.3, 0.4) is 0 Å². The van der Waals surface area contributed by atoms with Gasteiger partial charge in [-0.15, -0.1) is 0 Å². The van der Waals surface area contributed by atoms with E-state index < -0.39 is 0 Å². The van der Waals surface area contributed by atoms with Crippen molar-refractivity contribution in [2.45, 2.75) is 11.8 Å². The van der Waals surface area contributed by atoms with E-state index in [2.05, 4.69) is 13.0 Å². The van der Waals surface area contributed by atoms with Gasteiger partial charge in [0, 0.05) is 19.0 Å². The SMILES string of the molecule is Cc1ccccc1SON(C)C. The van der Waals surface area contributed by atoms with E-state index in [-0.39, 0.29) is 0 Å². The summed E-state index contributed by atoms with van der Waals surface area (Å²) in [7, 11) is 3.73. The van der Waals surface area contributed by atoms with Crippen LogP contribution in [0.25, 0.3) is 0 Å². The molecule has 0 atom stereocenters. The second kappa shape index (κ2) is 4.50. The minimum atomic E-state index is 1.16. The van der Waals surface area contributed by atoms with Crippen molar-refractivity contribution in [3.05, 3.63) is 29.8 Å². The van der Waals surface area contributed by atoms with Gasteiger partial charge < -0.3 is 0 Å². The van der Waals surface area contributed by atoms with Crippen LogP contribution in [0.5, 0.6) is 0 Å². The Morgan fingerprint density at radius 1 is 1.25 bits per heavy atom. The molecule has 66 valence electrons. The van der Waals surface area contributed by atoms with E-state index in [0.29, 0.717) is 0 Å². The molecule has 0 unspecified atom stereocenters. The van der Waals surface area contributed by atoms with Crippen molar-refractivity contribution in [2.75, 3.05) is 14.1 Å².